The molecular formula is C34H64ClI2N16O3V-. The molecule has 6 N–H and O–H groups in total. The minimum atomic E-state index is 0. The second-order valence-corrected chi connectivity index (χ2v) is 15.8. The minimum absolute atomic E-state index is 0. The van der Waals surface area contributed by atoms with E-state index in [0.717, 1.165) is 76.4 Å². The summed E-state index contributed by atoms with van der Waals surface area (Å²) in [6.07, 6.45) is 13.3. The van der Waals surface area contributed by atoms with Crippen LogP contribution in [0.1, 0.15) is 58.1 Å². The van der Waals surface area contributed by atoms with Gasteiger partial charge in [-0.3, -0.25) is 9.68 Å². The maximum Gasteiger partial charge on any atom is 0.256 e. The summed E-state index contributed by atoms with van der Waals surface area (Å²) in [7, 11) is 10.5. The third-order valence-corrected chi connectivity index (χ3v) is 6.87. The smallest absolute Gasteiger partial charge is 0.256 e. The standard InChI is InChI=1S/C15H26N8O.C8H14ClN5O.C7H13N3.C2H6O.CH2I2.CH3.V/c1-5-8-17-13-19-14(21-15(20-13)23(3)24-4)18-9-6-7-12-16-10-11-22(12)2;1-4-5-10-7-11-6(9)12-8(13-7)14(2)15-3;1-10-6-5-9-7(10)3-2-4-8;1-2-3;2-1-3;;/h10-11H,5-9H2,1-4H3,(H2,17,18,19,20,21);4-5H2,1-3H3,(H,10,11,12,13);5-6H,2-4,8H2,1H3;3H,2H2,1H3;1H2;1H3;/q;;;;;-1;. The minimum Gasteiger partial charge on any atom is -0.397 e. The number of imidazole rings is 2. The number of anilines is 5. The van der Waals surface area contributed by atoms with E-state index in [2.05, 4.69) is 115 Å². The van der Waals surface area contributed by atoms with Crippen LogP contribution >= 0.6 is 56.8 Å². The number of nitrogens with two attached hydrogens (primary N) is 1. The predicted molar refractivity (Wildman–Crippen MR) is 246 cm³/mol. The van der Waals surface area contributed by atoms with Crippen LogP contribution in [0, 0.1) is 7.43 Å². The van der Waals surface area contributed by atoms with Crippen molar-refractivity contribution in [2.45, 2.75) is 59.3 Å². The first-order valence-electron chi connectivity index (χ1n) is 17.8. The van der Waals surface area contributed by atoms with Gasteiger partial charge in [-0.25, -0.2) is 20.1 Å². The zero-order chi connectivity index (χ0) is 41.4. The molecule has 325 valence electrons. The molecule has 1 radical (unpaired) electrons. The molecule has 0 aliphatic heterocycles. The Morgan fingerprint density at radius 1 is 0.737 bits per heavy atom. The van der Waals surface area contributed by atoms with E-state index >= 15 is 0 Å². The summed E-state index contributed by atoms with van der Waals surface area (Å²) in [5.41, 5.74) is 5.36. The Kier molecular flexibility index (Phi) is 39.1. The van der Waals surface area contributed by atoms with E-state index in [0.29, 0.717) is 29.7 Å². The van der Waals surface area contributed by atoms with Crippen molar-refractivity contribution >= 4 is 86.5 Å². The molecular weight excluding hydrogens is 1020 g/mol. The van der Waals surface area contributed by atoms with Gasteiger partial charge in [0.25, 0.3) is 11.9 Å². The number of hydrogen-bond acceptors (Lipinski definition) is 17. The van der Waals surface area contributed by atoms with Crippen LogP contribution in [0.15, 0.2) is 24.8 Å². The average molecular weight is 1090 g/mol. The van der Waals surface area contributed by atoms with Crippen LogP contribution in [0.25, 0.3) is 0 Å². The molecule has 0 bridgehead atoms. The average Bonchev–Trinajstić information content (AvgIpc) is 3.80. The third kappa shape index (κ3) is 27.1. The SMILES string of the molecule is CCCNc1nc(Cl)nc(N(C)OC)n1.CCCNc1nc(NCCCc2nccn2C)nc(N(C)OC)n1.CCO.Cn1ccnc1CCCN.ICI.[CH3-].[V]. The first-order chi connectivity index (χ1) is 26.5. The van der Waals surface area contributed by atoms with Gasteiger partial charge in [0.2, 0.25) is 23.1 Å². The summed E-state index contributed by atoms with van der Waals surface area (Å²) in [6, 6.07) is 0. The van der Waals surface area contributed by atoms with Gasteiger partial charge in [0.05, 0.1) is 16.7 Å². The molecule has 19 nitrogen and oxygen atoms in total. The second kappa shape index (κ2) is 37.9. The molecule has 0 unspecified atom stereocenters. The van der Waals surface area contributed by atoms with Gasteiger partial charge < -0.3 is 43.4 Å². The van der Waals surface area contributed by atoms with Crippen molar-refractivity contribution < 1.29 is 33.3 Å². The topological polar surface area (TPSA) is 220 Å². The van der Waals surface area contributed by atoms with Crippen molar-refractivity contribution in [3.63, 3.8) is 0 Å². The predicted octanol–water partition coefficient (Wildman–Crippen LogP) is 5.39. The van der Waals surface area contributed by atoms with E-state index in [1.54, 1.807) is 28.1 Å². The molecule has 23 heteroatoms. The molecule has 0 saturated carbocycles. The van der Waals surface area contributed by atoms with Crippen molar-refractivity contribution in [1.29, 1.82) is 0 Å². The molecule has 57 heavy (non-hydrogen) atoms. The first-order valence-corrected chi connectivity index (χ1v) is 21.2. The van der Waals surface area contributed by atoms with E-state index in [4.69, 9.17) is 32.1 Å². The molecule has 0 amide bonds. The molecule has 0 saturated heterocycles. The molecule has 0 aliphatic rings. The zero-order valence-electron chi connectivity index (χ0n) is 35.1. The van der Waals surface area contributed by atoms with Crippen LogP contribution in [-0.4, -0.2) is 118 Å². The molecule has 0 aliphatic carbocycles. The van der Waals surface area contributed by atoms with Crippen molar-refractivity contribution in [2.24, 2.45) is 19.8 Å². The monoisotopic (exact) mass is 1080 g/mol. The number of nitrogens with zero attached hydrogens (tertiary/aromatic N) is 12. The number of rotatable bonds is 18. The Bertz CT molecular complexity index is 1530. The number of aliphatic hydroxyl groups excluding tert-OH is 1. The number of aryl methyl sites for hydroxylation is 4. The Balaban J connectivity index is -0.000000757. The number of hydroxylamine groups is 2. The van der Waals surface area contributed by atoms with Crippen LogP contribution in [-0.2, 0) is 55.2 Å². The van der Waals surface area contributed by atoms with Gasteiger partial charge in [0, 0.05) is 111 Å². The summed E-state index contributed by atoms with van der Waals surface area (Å²) in [5.74, 6) is 4.53. The summed E-state index contributed by atoms with van der Waals surface area (Å²) in [4.78, 5) is 43.7. The number of nitrogens with one attached hydrogen (secondary N) is 3. The Labute approximate surface area is 384 Å². The Morgan fingerprint density at radius 3 is 1.49 bits per heavy atom. The molecule has 0 spiro atoms. The number of alkyl halides is 2. The third-order valence-electron chi connectivity index (χ3n) is 6.70. The molecule has 0 fully saturated rings. The van der Waals surface area contributed by atoms with Crippen molar-refractivity contribution in [1.82, 2.24) is 49.0 Å². The van der Waals surface area contributed by atoms with E-state index in [1.165, 1.54) is 19.7 Å². The molecule has 0 aromatic carbocycles. The fourth-order valence-electron chi connectivity index (χ4n) is 3.84. The van der Waals surface area contributed by atoms with E-state index in [1.807, 2.05) is 48.0 Å². The van der Waals surface area contributed by atoms with Crippen LogP contribution in [0.4, 0.5) is 29.7 Å². The largest absolute Gasteiger partial charge is 0.397 e. The van der Waals surface area contributed by atoms with Gasteiger partial charge in [0.1, 0.15) is 11.6 Å². The summed E-state index contributed by atoms with van der Waals surface area (Å²) >= 11 is 10.3. The van der Waals surface area contributed by atoms with Crippen molar-refractivity contribution in [2.75, 3.05) is 89.6 Å². The summed E-state index contributed by atoms with van der Waals surface area (Å²) in [5, 5.41) is 20.1. The maximum absolute atomic E-state index is 7.57. The van der Waals surface area contributed by atoms with E-state index in [9.17, 15) is 0 Å². The van der Waals surface area contributed by atoms with Crippen molar-refractivity contribution in [3.8, 4) is 0 Å². The van der Waals surface area contributed by atoms with Gasteiger partial charge in [-0.2, -0.15) is 29.9 Å². The van der Waals surface area contributed by atoms with Crippen LogP contribution in [0.2, 0.25) is 5.28 Å². The number of halogens is 3. The quantitative estimate of drug-likeness (QED) is 0.0277. The second-order valence-electron chi connectivity index (χ2n) is 11.0. The summed E-state index contributed by atoms with van der Waals surface area (Å²) in [6.45, 7) is 9.16. The molecule has 0 atom stereocenters. The normalized spacial score (nSPS) is 9.58. The Hall–Kier alpha value is -2.39. The van der Waals surface area contributed by atoms with Gasteiger partial charge >= 0.3 is 0 Å². The van der Waals surface area contributed by atoms with Crippen LogP contribution < -0.4 is 31.8 Å². The van der Waals surface area contributed by atoms with E-state index in [-0.39, 0.29) is 37.9 Å². The van der Waals surface area contributed by atoms with Gasteiger partial charge in [-0.1, -0.05) is 59.0 Å². The maximum atomic E-state index is 7.57. The zero-order valence-corrected chi connectivity index (χ0v) is 41.6. The van der Waals surface area contributed by atoms with Crippen molar-refractivity contribution in [3.05, 3.63) is 49.1 Å². The molecule has 4 aromatic rings. The first kappa shape index (κ1) is 58.9. The number of aromatic nitrogens is 10. The fourth-order valence-corrected chi connectivity index (χ4v) is 4.00. The molecule has 4 heterocycles. The fraction of sp³-hybridized carbons (Fsp3) is 0.618. The number of aliphatic hydroxyl groups is 1. The van der Waals surface area contributed by atoms with Gasteiger partial charge in [0.15, 0.2) is 0 Å². The molecule has 4 aromatic heterocycles. The van der Waals surface area contributed by atoms with Crippen LogP contribution in [0.3, 0.4) is 0 Å². The number of hydrogen-bond donors (Lipinski definition) is 5. The summed E-state index contributed by atoms with van der Waals surface area (Å²) < 4.78 is 5.24. The Morgan fingerprint density at radius 2 is 1.12 bits per heavy atom. The molecule has 4 rings (SSSR count). The van der Waals surface area contributed by atoms with Gasteiger partial charge in [-0.15, -0.1) is 0 Å². The van der Waals surface area contributed by atoms with Crippen LogP contribution in [0.5, 0.6) is 0 Å². The van der Waals surface area contributed by atoms with Gasteiger partial charge in [-0.05, 0) is 50.8 Å². The van der Waals surface area contributed by atoms with E-state index < -0.39 is 0 Å².